The summed E-state index contributed by atoms with van der Waals surface area (Å²) in [5.41, 5.74) is 0. The predicted molar refractivity (Wildman–Crippen MR) is 109 cm³/mol. The van der Waals surface area contributed by atoms with Crippen molar-refractivity contribution < 1.29 is 32.4 Å². The van der Waals surface area contributed by atoms with Crippen molar-refractivity contribution in [1.29, 1.82) is 0 Å². The topological polar surface area (TPSA) is 118 Å². The minimum atomic E-state index is -4.43. The van der Waals surface area contributed by atoms with Gasteiger partial charge in [-0.25, -0.2) is 0 Å². The molecule has 0 radical (unpaired) electrons. The summed E-state index contributed by atoms with van der Waals surface area (Å²) in [5.74, 6) is -4.52. The van der Waals surface area contributed by atoms with Crippen LogP contribution in [0.4, 0.5) is 0 Å². The van der Waals surface area contributed by atoms with Gasteiger partial charge >= 0.3 is 71.1 Å². The fourth-order valence-corrected chi connectivity index (χ4v) is 3.32. The van der Waals surface area contributed by atoms with Crippen LogP contribution in [0.1, 0.15) is 77.6 Å². The van der Waals surface area contributed by atoms with Crippen LogP contribution in [-0.4, -0.2) is 101 Å². The van der Waals surface area contributed by atoms with Crippen LogP contribution in [0.2, 0.25) is 0 Å². The molecule has 0 aromatic rings. The molecule has 0 aromatic heterocycles. The molecule has 0 amide bonds. The number of carbonyl (C=O) groups is 2. The molecule has 0 aromatic carbocycles. The number of esters is 1. The molecule has 0 bridgehead atoms. The van der Waals surface area contributed by atoms with E-state index in [0.717, 1.165) is 19.3 Å². The summed E-state index contributed by atoms with van der Waals surface area (Å²) in [7, 11) is -4.43. The van der Waals surface area contributed by atoms with E-state index in [-0.39, 0.29) is 65.7 Å². The number of rotatable bonds is 16. The van der Waals surface area contributed by atoms with E-state index in [1.54, 1.807) is 0 Å². The van der Waals surface area contributed by atoms with Crippen molar-refractivity contribution >= 4 is 81.2 Å². The Morgan fingerprint density at radius 3 is 1.74 bits per heavy atom. The predicted octanol–water partition coefficient (Wildman–Crippen LogP) is 2.13. The monoisotopic (exact) mass is 428 g/mol. The minimum absolute atomic E-state index is 0. The molecule has 2 N–H and O–H groups in total. The van der Waals surface area contributed by atoms with Gasteiger partial charge in [-0.1, -0.05) is 64.7 Å². The van der Waals surface area contributed by atoms with E-state index in [1.165, 1.54) is 38.5 Å². The average Bonchev–Trinajstić information content (AvgIpc) is 2.50. The Hall–Kier alpha value is 0.850. The molecule has 0 fully saturated rings. The molecule has 1 atom stereocenters. The van der Waals surface area contributed by atoms with E-state index in [4.69, 9.17) is 14.4 Å². The average molecular weight is 428 g/mol. The zero-order valence-electron chi connectivity index (χ0n) is 15.1. The third-order valence-electron chi connectivity index (χ3n) is 3.91. The summed E-state index contributed by atoms with van der Waals surface area (Å²) in [4.78, 5) is 22.4. The SMILES string of the molecule is CCCCCCCCCCCCOC(=O)C(CC(=O)O)CS(=O)(=O)O.[NaH].[NaH]. The number of carboxylic acid groups (broad SMARTS) is 1. The van der Waals surface area contributed by atoms with Crippen LogP contribution < -0.4 is 0 Å². The Balaban J connectivity index is -0.00000288. The van der Waals surface area contributed by atoms with Gasteiger partial charge in [0, 0.05) is 0 Å². The fraction of sp³-hybridized carbons (Fsp3) is 0.882. The zero-order chi connectivity index (χ0) is 19.1. The molecule has 0 saturated carbocycles. The number of aliphatic carboxylic acids is 1. The number of unbranched alkanes of at least 4 members (excludes halogenated alkanes) is 9. The number of hydrogen-bond donors (Lipinski definition) is 2. The summed E-state index contributed by atoms with van der Waals surface area (Å²) in [6.45, 7) is 2.33. The first-order valence-electron chi connectivity index (χ1n) is 9.10. The van der Waals surface area contributed by atoms with Crippen LogP contribution in [-0.2, 0) is 24.4 Å². The van der Waals surface area contributed by atoms with Crippen LogP contribution >= 0.6 is 0 Å². The van der Waals surface area contributed by atoms with Gasteiger partial charge in [-0.05, 0) is 6.42 Å². The Bertz CT molecular complexity index is 484. The number of ether oxygens (including phenoxy) is 1. The van der Waals surface area contributed by atoms with Gasteiger partial charge < -0.3 is 9.84 Å². The molecule has 10 heteroatoms. The number of hydrogen-bond acceptors (Lipinski definition) is 5. The Morgan fingerprint density at radius 2 is 1.33 bits per heavy atom. The molecule has 0 saturated heterocycles. The normalized spacial score (nSPS) is 11.8. The quantitative estimate of drug-likeness (QED) is 0.167. The van der Waals surface area contributed by atoms with E-state index >= 15 is 0 Å². The molecule has 0 rings (SSSR count). The molecule has 152 valence electrons. The number of carbonyl (C=O) groups excluding carboxylic acids is 1. The van der Waals surface area contributed by atoms with E-state index in [0.29, 0.717) is 6.42 Å². The third kappa shape index (κ3) is 23.0. The van der Waals surface area contributed by atoms with Crippen LogP contribution in [0.25, 0.3) is 0 Å². The summed E-state index contributed by atoms with van der Waals surface area (Å²) < 4.78 is 35.4. The van der Waals surface area contributed by atoms with Gasteiger partial charge in [0.15, 0.2) is 0 Å². The molecule has 0 spiro atoms. The van der Waals surface area contributed by atoms with Gasteiger partial charge in [0.1, 0.15) is 0 Å². The van der Waals surface area contributed by atoms with Crippen molar-refractivity contribution in [3.05, 3.63) is 0 Å². The van der Waals surface area contributed by atoms with Gasteiger partial charge in [0.05, 0.1) is 24.7 Å². The standard InChI is InChI=1S/C17H32O7S.2Na.2H/c1-2-3-4-5-6-7-8-9-10-11-12-24-17(20)15(13-16(18)19)14-25(21,22)23;;;;/h15H,2-14H2,1H3,(H,18,19)(H,21,22,23);;;;. The zero-order valence-corrected chi connectivity index (χ0v) is 15.9. The molecule has 0 aliphatic rings. The van der Waals surface area contributed by atoms with Gasteiger partial charge in [0.2, 0.25) is 0 Å². The molecule has 0 aliphatic carbocycles. The second-order valence-electron chi connectivity index (χ2n) is 6.39. The Labute approximate surface area is 207 Å². The van der Waals surface area contributed by atoms with Crippen LogP contribution in [0.15, 0.2) is 0 Å². The van der Waals surface area contributed by atoms with Crippen LogP contribution in [0.5, 0.6) is 0 Å². The summed E-state index contributed by atoms with van der Waals surface area (Å²) >= 11 is 0. The van der Waals surface area contributed by atoms with Gasteiger partial charge in [-0.2, -0.15) is 8.42 Å². The molecule has 0 heterocycles. The Morgan fingerprint density at radius 1 is 0.889 bits per heavy atom. The van der Waals surface area contributed by atoms with E-state index in [1.807, 2.05) is 0 Å². The van der Waals surface area contributed by atoms with Crippen LogP contribution in [0, 0.1) is 5.92 Å². The van der Waals surface area contributed by atoms with Gasteiger partial charge in [0.25, 0.3) is 10.1 Å². The molecule has 1 unspecified atom stereocenters. The summed E-state index contributed by atoms with van der Waals surface area (Å²) in [5, 5.41) is 8.71. The second kappa shape index (κ2) is 20.1. The van der Waals surface area contributed by atoms with E-state index < -0.39 is 40.1 Å². The molecule has 7 nitrogen and oxygen atoms in total. The second-order valence-corrected chi connectivity index (χ2v) is 7.89. The molecule has 27 heavy (non-hydrogen) atoms. The third-order valence-corrected chi connectivity index (χ3v) is 4.73. The van der Waals surface area contributed by atoms with Gasteiger partial charge in [-0.15, -0.1) is 0 Å². The number of carboxylic acids is 1. The van der Waals surface area contributed by atoms with E-state index in [2.05, 4.69) is 6.92 Å². The van der Waals surface area contributed by atoms with Gasteiger partial charge in [-0.3, -0.25) is 14.1 Å². The molecular weight excluding hydrogens is 394 g/mol. The van der Waals surface area contributed by atoms with Crippen molar-refractivity contribution in [1.82, 2.24) is 0 Å². The molecular formula is C17H34Na2O7S. The van der Waals surface area contributed by atoms with Crippen LogP contribution in [0.3, 0.4) is 0 Å². The first kappa shape index (κ1) is 32.5. The Kier molecular flexibility index (Phi) is 24.2. The first-order chi connectivity index (χ1) is 11.8. The summed E-state index contributed by atoms with van der Waals surface area (Å²) in [6.07, 6.45) is 10.7. The maximum atomic E-state index is 11.8. The maximum absolute atomic E-state index is 11.8. The van der Waals surface area contributed by atoms with E-state index in [9.17, 15) is 18.0 Å². The van der Waals surface area contributed by atoms with Crippen molar-refractivity contribution in [2.45, 2.75) is 77.6 Å². The fourth-order valence-electron chi connectivity index (χ4n) is 2.56. The first-order valence-corrected chi connectivity index (χ1v) is 10.7. The molecule has 0 aliphatic heterocycles. The van der Waals surface area contributed by atoms with Crippen molar-refractivity contribution in [3.63, 3.8) is 0 Å². The summed E-state index contributed by atoms with van der Waals surface area (Å²) in [6, 6.07) is 0. The van der Waals surface area contributed by atoms with Crippen molar-refractivity contribution in [3.8, 4) is 0 Å². The van der Waals surface area contributed by atoms with Crippen molar-refractivity contribution in [2.75, 3.05) is 12.4 Å². The van der Waals surface area contributed by atoms with Crippen molar-refractivity contribution in [2.24, 2.45) is 5.92 Å².